The van der Waals surface area contributed by atoms with Crippen molar-refractivity contribution in [3.8, 4) is 0 Å². The summed E-state index contributed by atoms with van der Waals surface area (Å²) < 4.78 is 2.01. The average Bonchev–Trinajstić information content (AvgIpc) is 3.04. The standard InChI is InChI=1S/C18H24N6O/c1-12(2)24-11-20-15-16(19-9-14-7-5-4-6-8-14)22-18(23-17(15)24)21-13(3)10-25/h4-8,11-13,25H,9-10H2,1-3H3,(H2,19,21,22,23). The van der Waals surface area contributed by atoms with Crippen LogP contribution in [0.15, 0.2) is 36.7 Å². The lowest BCUT2D eigenvalue weighted by Gasteiger charge is -2.14. The first-order valence-electron chi connectivity index (χ1n) is 8.48. The number of aromatic nitrogens is 4. The summed E-state index contributed by atoms with van der Waals surface area (Å²) in [6.45, 7) is 6.71. The quantitative estimate of drug-likeness (QED) is 0.613. The van der Waals surface area contributed by atoms with Crippen LogP contribution in [0.25, 0.3) is 11.2 Å². The molecule has 1 unspecified atom stereocenters. The number of imidazole rings is 1. The molecule has 0 amide bonds. The van der Waals surface area contributed by atoms with Gasteiger partial charge in [0, 0.05) is 18.6 Å². The highest BCUT2D eigenvalue weighted by Gasteiger charge is 2.15. The number of hydrogen-bond acceptors (Lipinski definition) is 6. The molecule has 3 aromatic rings. The zero-order chi connectivity index (χ0) is 17.8. The molecule has 0 aliphatic rings. The first-order valence-corrected chi connectivity index (χ1v) is 8.48. The minimum absolute atomic E-state index is 0.0115. The minimum Gasteiger partial charge on any atom is -0.394 e. The van der Waals surface area contributed by atoms with Gasteiger partial charge in [-0.15, -0.1) is 0 Å². The second-order valence-corrected chi connectivity index (χ2v) is 6.38. The van der Waals surface area contributed by atoms with Crippen LogP contribution in [0.3, 0.4) is 0 Å². The lowest BCUT2D eigenvalue weighted by Crippen LogP contribution is -2.21. The Hall–Kier alpha value is -2.67. The molecule has 0 aliphatic carbocycles. The van der Waals surface area contributed by atoms with E-state index < -0.39 is 0 Å². The summed E-state index contributed by atoms with van der Waals surface area (Å²) in [7, 11) is 0. The molecule has 2 heterocycles. The van der Waals surface area contributed by atoms with E-state index in [9.17, 15) is 5.11 Å². The monoisotopic (exact) mass is 340 g/mol. The molecule has 0 bridgehead atoms. The van der Waals surface area contributed by atoms with Crippen molar-refractivity contribution >= 4 is 22.9 Å². The highest BCUT2D eigenvalue weighted by molar-refractivity contribution is 5.84. The van der Waals surface area contributed by atoms with Crippen LogP contribution in [-0.2, 0) is 6.54 Å². The molecular weight excluding hydrogens is 316 g/mol. The molecule has 3 N–H and O–H groups in total. The summed E-state index contributed by atoms with van der Waals surface area (Å²) in [5.41, 5.74) is 2.68. The fraction of sp³-hybridized carbons (Fsp3) is 0.389. The topological polar surface area (TPSA) is 87.9 Å². The first kappa shape index (κ1) is 17.2. The number of benzene rings is 1. The summed E-state index contributed by atoms with van der Waals surface area (Å²) >= 11 is 0. The smallest absolute Gasteiger partial charge is 0.227 e. The van der Waals surface area contributed by atoms with Gasteiger partial charge in [0.1, 0.15) is 0 Å². The van der Waals surface area contributed by atoms with E-state index in [1.54, 1.807) is 6.33 Å². The highest BCUT2D eigenvalue weighted by atomic mass is 16.3. The number of fused-ring (bicyclic) bond motifs is 1. The third kappa shape index (κ3) is 3.88. The highest BCUT2D eigenvalue weighted by Crippen LogP contribution is 2.24. The molecule has 3 rings (SSSR count). The maximum Gasteiger partial charge on any atom is 0.227 e. The van der Waals surface area contributed by atoms with Crippen molar-refractivity contribution < 1.29 is 5.11 Å². The van der Waals surface area contributed by atoms with E-state index in [1.807, 2.05) is 29.7 Å². The molecule has 0 spiro atoms. The Morgan fingerprint density at radius 2 is 1.88 bits per heavy atom. The number of aliphatic hydroxyl groups excluding tert-OH is 1. The van der Waals surface area contributed by atoms with E-state index >= 15 is 0 Å². The van der Waals surface area contributed by atoms with Crippen molar-refractivity contribution in [3.05, 3.63) is 42.2 Å². The Bertz CT molecular complexity index is 830. The van der Waals surface area contributed by atoms with Crippen LogP contribution in [0.2, 0.25) is 0 Å². The third-order valence-corrected chi connectivity index (χ3v) is 3.93. The van der Waals surface area contributed by atoms with Crippen molar-refractivity contribution in [3.63, 3.8) is 0 Å². The molecule has 7 heteroatoms. The molecule has 7 nitrogen and oxygen atoms in total. The van der Waals surface area contributed by atoms with Gasteiger partial charge < -0.3 is 20.3 Å². The summed E-state index contributed by atoms with van der Waals surface area (Å²) in [4.78, 5) is 13.6. The SMILES string of the molecule is CC(CO)Nc1nc(NCc2ccccc2)c2ncn(C(C)C)c2n1. The number of aliphatic hydroxyl groups is 1. The van der Waals surface area contributed by atoms with Gasteiger partial charge in [-0.2, -0.15) is 9.97 Å². The first-order chi connectivity index (χ1) is 12.1. The molecule has 0 radical (unpaired) electrons. The van der Waals surface area contributed by atoms with Gasteiger partial charge in [0.05, 0.1) is 12.9 Å². The van der Waals surface area contributed by atoms with Crippen molar-refractivity contribution in [1.29, 1.82) is 0 Å². The maximum atomic E-state index is 9.28. The van der Waals surface area contributed by atoms with Crippen LogP contribution in [0.4, 0.5) is 11.8 Å². The average molecular weight is 340 g/mol. The molecule has 0 aliphatic heterocycles. The molecule has 0 fully saturated rings. The number of rotatable bonds is 7. The largest absolute Gasteiger partial charge is 0.394 e. The van der Waals surface area contributed by atoms with E-state index in [0.29, 0.717) is 18.3 Å². The van der Waals surface area contributed by atoms with Gasteiger partial charge in [-0.1, -0.05) is 30.3 Å². The zero-order valence-electron chi connectivity index (χ0n) is 14.8. The molecule has 0 saturated carbocycles. The minimum atomic E-state index is -0.130. The predicted molar refractivity (Wildman–Crippen MR) is 99.6 cm³/mol. The fourth-order valence-electron chi connectivity index (χ4n) is 2.53. The molecule has 132 valence electrons. The van der Waals surface area contributed by atoms with Gasteiger partial charge in [0.25, 0.3) is 0 Å². The van der Waals surface area contributed by atoms with Crippen molar-refractivity contribution in [1.82, 2.24) is 19.5 Å². The Kier molecular flexibility index (Phi) is 5.14. The van der Waals surface area contributed by atoms with Gasteiger partial charge >= 0.3 is 0 Å². The van der Waals surface area contributed by atoms with Crippen molar-refractivity contribution in [2.75, 3.05) is 17.2 Å². The maximum absolute atomic E-state index is 9.28. The second-order valence-electron chi connectivity index (χ2n) is 6.38. The Labute approximate surface area is 147 Å². The summed E-state index contributed by atoms with van der Waals surface area (Å²) in [5, 5.41) is 15.8. The van der Waals surface area contributed by atoms with E-state index in [0.717, 1.165) is 16.7 Å². The lowest BCUT2D eigenvalue weighted by molar-refractivity contribution is 0.281. The lowest BCUT2D eigenvalue weighted by atomic mass is 10.2. The van der Waals surface area contributed by atoms with Crippen LogP contribution in [0.5, 0.6) is 0 Å². The van der Waals surface area contributed by atoms with Gasteiger partial charge in [-0.3, -0.25) is 0 Å². The Morgan fingerprint density at radius 1 is 1.12 bits per heavy atom. The van der Waals surface area contributed by atoms with Crippen LogP contribution in [0.1, 0.15) is 32.4 Å². The molecular formula is C18H24N6O. The van der Waals surface area contributed by atoms with E-state index in [4.69, 9.17) is 0 Å². The summed E-state index contributed by atoms with van der Waals surface area (Å²) in [6, 6.07) is 10.2. The second kappa shape index (κ2) is 7.48. The fourth-order valence-corrected chi connectivity index (χ4v) is 2.53. The van der Waals surface area contributed by atoms with E-state index in [2.05, 4.69) is 51.6 Å². The van der Waals surface area contributed by atoms with E-state index in [1.165, 1.54) is 0 Å². The van der Waals surface area contributed by atoms with Gasteiger partial charge in [-0.25, -0.2) is 4.98 Å². The Morgan fingerprint density at radius 3 is 2.56 bits per heavy atom. The van der Waals surface area contributed by atoms with Crippen LogP contribution < -0.4 is 10.6 Å². The molecule has 0 saturated heterocycles. The summed E-state index contributed by atoms with van der Waals surface area (Å²) in [6.07, 6.45) is 1.79. The molecule has 1 aromatic carbocycles. The van der Waals surface area contributed by atoms with Crippen molar-refractivity contribution in [2.45, 2.75) is 39.4 Å². The van der Waals surface area contributed by atoms with Crippen LogP contribution in [0, 0.1) is 0 Å². The molecule has 2 aromatic heterocycles. The van der Waals surface area contributed by atoms with Gasteiger partial charge in [0.2, 0.25) is 5.95 Å². The van der Waals surface area contributed by atoms with E-state index in [-0.39, 0.29) is 18.7 Å². The number of hydrogen-bond donors (Lipinski definition) is 3. The third-order valence-electron chi connectivity index (χ3n) is 3.93. The normalized spacial score (nSPS) is 12.5. The number of anilines is 2. The van der Waals surface area contributed by atoms with Crippen LogP contribution in [-0.4, -0.2) is 37.3 Å². The molecule has 1 atom stereocenters. The van der Waals surface area contributed by atoms with Gasteiger partial charge in [0.15, 0.2) is 17.0 Å². The summed E-state index contributed by atoms with van der Waals surface area (Å²) in [5.74, 6) is 1.16. The number of nitrogens with one attached hydrogen (secondary N) is 2. The molecule has 25 heavy (non-hydrogen) atoms. The predicted octanol–water partition coefficient (Wildman–Crippen LogP) is 2.81. The Balaban J connectivity index is 1.96. The van der Waals surface area contributed by atoms with Crippen LogP contribution >= 0.6 is 0 Å². The van der Waals surface area contributed by atoms with Crippen molar-refractivity contribution in [2.24, 2.45) is 0 Å². The zero-order valence-corrected chi connectivity index (χ0v) is 14.8. The van der Waals surface area contributed by atoms with Gasteiger partial charge in [-0.05, 0) is 26.3 Å². The number of nitrogens with zero attached hydrogens (tertiary/aromatic N) is 4.